The molecule has 0 fully saturated rings. The highest BCUT2D eigenvalue weighted by atomic mass is 32.2. The van der Waals surface area contributed by atoms with Crippen molar-refractivity contribution in [2.45, 2.75) is 4.90 Å². The van der Waals surface area contributed by atoms with Crippen LogP contribution >= 0.6 is 0 Å². The predicted octanol–water partition coefficient (Wildman–Crippen LogP) is 4.30. The molecular weight excluding hydrogens is 336 g/mol. The molecule has 4 aromatic rings. The van der Waals surface area contributed by atoms with Crippen LogP contribution in [0.4, 0.5) is 5.69 Å². The van der Waals surface area contributed by atoms with Gasteiger partial charge in [-0.2, -0.15) is 0 Å². The van der Waals surface area contributed by atoms with Crippen molar-refractivity contribution in [2.75, 3.05) is 4.72 Å². The van der Waals surface area contributed by atoms with E-state index in [1.165, 1.54) is 6.39 Å². The fourth-order valence-electron chi connectivity index (χ4n) is 2.61. The number of rotatable bonds is 4. The van der Waals surface area contributed by atoms with E-state index in [1.54, 1.807) is 48.7 Å². The van der Waals surface area contributed by atoms with Gasteiger partial charge in [0, 0.05) is 11.3 Å². The zero-order valence-corrected chi connectivity index (χ0v) is 13.9. The quantitative estimate of drug-likeness (QED) is 0.596. The lowest BCUT2D eigenvalue weighted by molar-refractivity contribution is 0.572. The van der Waals surface area contributed by atoms with Crippen LogP contribution in [0.15, 0.2) is 88.6 Å². The zero-order chi connectivity index (χ0) is 17.3. The first-order valence-electron chi connectivity index (χ1n) is 7.62. The van der Waals surface area contributed by atoms with E-state index in [0.29, 0.717) is 11.4 Å². The van der Waals surface area contributed by atoms with Crippen molar-refractivity contribution < 1.29 is 12.8 Å². The van der Waals surface area contributed by atoms with E-state index in [-0.39, 0.29) is 4.90 Å². The Hall–Kier alpha value is -3.12. The summed E-state index contributed by atoms with van der Waals surface area (Å²) in [7, 11) is -3.66. The van der Waals surface area contributed by atoms with Crippen LogP contribution in [0.1, 0.15) is 0 Å². The predicted molar refractivity (Wildman–Crippen MR) is 96.7 cm³/mol. The van der Waals surface area contributed by atoms with Gasteiger partial charge in [0.1, 0.15) is 0 Å². The summed E-state index contributed by atoms with van der Waals surface area (Å²) in [5.74, 6) is 0.629. The standard InChI is InChI=1S/C19H14N2O3S/c22-25(23,18-10-7-14-3-1-2-4-16(14)11-18)21-17-8-5-15(6-9-17)19-12-20-13-24-19/h1-13,21H. The Morgan fingerprint density at radius 3 is 2.36 bits per heavy atom. The maximum Gasteiger partial charge on any atom is 0.261 e. The summed E-state index contributed by atoms with van der Waals surface area (Å²) >= 11 is 0. The lowest BCUT2D eigenvalue weighted by Gasteiger charge is -2.09. The van der Waals surface area contributed by atoms with Crippen LogP contribution in [0.5, 0.6) is 0 Å². The van der Waals surface area contributed by atoms with Gasteiger partial charge in [-0.05, 0) is 47.2 Å². The maximum atomic E-state index is 12.6. The van der Waals surface area contributed by atoms with Crippen molar-refractivity contribution in [3.05, 3.63) is 79.3 Å². The first-order chi connectivity index (χ1) is 12.1. The van der Waals surface area contributed by atoms with Crippen LogP contribution in [0.3, 0.4) is 0 Å². The topological polar surface area (TPSA) is 72.2 Å². The number of anilines is 1. The van der Waals surface area contributed by atoms with Crippen molar-refractivity contribution in [3.63, 3.8) is 0 Å². The van der Waals surface area contributed by atoms with Gasteiger partial charge >= 0.3 is 0 Å². The molecule has 0 atom stereocenters. The molecule has 0 radical (unpaired) electrons. The normalized spacial score (nSPS) is 11.5. The number of oxazole rings is 1. The number of benzene rings is 3. The number of sulfonamides is 1. The molecule has 0 saturated heterocycles. The minimum Gasteiger partial charge on any atom is -0.444 e. The summed E-state index contributed by atoms with van der Waals surface area (Å²) in [6.45, 7) is 0. The van der Waals surface area contributed by atoms with E-state index in [2.05, 4.69) is 9.71 Å². The molecule has 25 heavy (non-hydrogen) atoms. The lowest BCUT2D eigenvalue weighted by atomic mass is 10.1. The maximum absolute atomic E-state index is 12.6. The molecule has 0 spiro atoms. The van der Waals surface area contributed by atoms with Gasteiger partial charge < -0.3 is 4.42 Å². The molecule has 0 unspecified atom stereocenters. The molecule has 1 heterocycles. The minimum absolute atomic E-state index is 0.227. The second-order valence-corrected chi connectivity index (χ2v) is 7.24. The van der Waals surface area contributed by atoms with Gasteiger partial charge in [0.25, 0.3) is 10.0 Å². The fraction of sp³-hybridized carbons (Fsp3) is 0. The van der Waals surface area contributed by atoms with E-state index < -0.39 is 10.0 Å². The van der Waals surface area contributed by atoms with E-state index in [9.17, 15) is 8.42 Å². The highest BCUT2D eigenvalue weighted by Gasteiger charge is 2.15. The molecule has 0 amide bonds. The first-order valence-corrected chi connectivity index (χ1v) is 9.11. The summed E-state index contributed by atoms with van der Waals surface area (Å²) in [4.78, 5) is 4.09. The molecule has 0 aliphatic heterocycles. The van der Waals surface area contributed by atoms with Gasteiger partial charge in [0.05, 0.1) is 11.1 Å². The van der Waals surface area contributed by atoms with Crippen molar-refractivity contribution in [3.8, 4) is 11.3 Å². The van der Waals surface area contributed by atoms with E-state index in [1.807, 2.05) is 24.3 Å². The van der Waals surface area contributed by atoms with E-state index in [4.69, 9.17) is 4.42 Å². The van der Waals surface area contributed by atoms with Crippen LogP contribution in [0.2, 0.25) is 0 Å². The summed E-state index contributed by atoms with van der Waals surface area (Å²) in [5, 5.41) is 1.88. The van der Waals surface area contributed by atoms with Gasteiger partial charge in [0.15, 0.2) is 12.2 Å². The van der Waals surface area contributed by atoms with Crippen LogP contribution in [0, 0.1) is 0 Å². The Morgan fingerprint density at radius 1 is 0.880 bits per heavy atom. The number of hydrogen-bond donors (Lipinski definition) is 1. The molecule has 1 N–H and O–H groups in total. The Balaban J connectivity index is 1.61. The van der Waals surface area contributed by atoms with Crippen molar-refractivity contribution in [1.29, 1.82) is 0 Å². The molecule has 1 aromatic heterocycles. The summed E-state index contributed by atoms with van der Waals surface area (Å²) in [6, 6.07) is 19.6. The molecule has 0 aliphatic rings. The van der Waals surface area contributed by atoms with Gasteiger partial charge in [-0.3, -0.25) is 4.72 Å². The number of nitrogens with zero attached hydrogens (tertiary/aromatic N) is 1. The summed E-state index contributed by atoms with van der Waals surface area (Å²) < 4.78 is 33.1. The van der Waals surface area contributed by atoms with Crippen molar-refractivity contribution in [1.82, 2.24) is 4.98 Å². The highest BCUT2D eigenvalue weighted by Crippen LogP contribution is 2.24. The van der Waals surface area contributed by atoms with E-state index in [0.717, 1.165) is 16.3 Å². The van der Waals surface area contributed by atoms with Crippen molar-refractivity contribution >= 4 is 26.5 Å². The van der Waals surface area contributed by atoms with Gasteiger partial charge in [-0.15, -0.1) is 0 Å². The van der Waals surface area contributed by atoms with Crippen LogP contribution in [-0.2, 0) is 10.0 Å². The molecule has 5 nitrogen and oxygen atoms in total. The van der Waals surface area contributed by atoms with Gasteiger partial charge in [0.2, 0.25) is 0 Å². The third-order valence-corrected chi connectivity index (χ3v) is 5.26. The Morgan fingerprint density at radius 2 is 1.64 bits per heavy atom. The molecular formula is C19H14N2O3S. The highest BCUT2D eigenvalue weighted by molar-refractivity contribution is 7.92. The summed E-state index contributed by atoms with van der Waals surface area (Å²) in [5.41, 5.74) is 1.31. The average Bonchev–Trinajstić information content (AvgIpc) is 3.16. The number of aromatic nitrogens is 1. The monoisotopic (exact) mass is 350 g/mol. The van der Waals surface area contributed by atoms with Crippen LogP contribution < -0.4 is 4.72 Å². The Kier molecular flexibility index (Phi) is 3.74. The second-order valence-electron chi connectivity index (χ2n) is 5.56. The molecule has 0 bridgehead atoms. The smallest absolute Gasteiger partial charge is 0.261 e. The molecule has 3 aromatic carbocycles. The van der Waals surface area contributed by atoms with Gasteiger partial charge in [-0.1, -0.05) is 30.3 Å². The Labute approximate surface area is 145 Å². The second kappa shape index (κ2) is 6.07. The molecule has 6 heteroatoms. The lowest BCUT2D eigenvalue weighted by Crippen LogP contribution is -2.12. The molecule has 0 aliphatic carbocycles. The van der Waals surface area contributed by atoms with E-state index >= 15 is 0 Å². The number of nitrogens with one attached hydrogen (secondary N) is 1. The van der Waals surface area contributed by atoms with Crippen LogP contribution in [0.25, 0.3) is 22.1 Å². The largest absolute Gasteiger partial charge is 0.444 e. The Bertz CT molecular complexity index is 1120. The molecule has 124 valence electrons. The molecule has 4 rings (SSSR count). The number of fused-ring (bicyclic) bond motifs is 1. The fourth-order valence-corrected chi connectivity index (χ4v) is 3.70. The summed E-state index contributed by atoms with van der Waals surface area (Å²) in [6.07, 6.45) is 2.96. The van der Waals surface area contributed by atoms with Crippen LogP contribution in [-0.4, -0.2) is 13.4 Å². The van der Waals surface area contributed by atoms with Gasteiger partial charge in [-0.25, -0.2) is 13.4 Å². The number of hydrogen-bond acceptors (Lipinski definition) is 4. The average molecular weight is 350 g/mol. The SMILES string of the molecule is O=S(=O)(Nc1ccc(-c2cnco2)cc1)c1ccc2ccccc2c1. The first kappa shape index (κ1) is 15.4. The molecule has 0 saturated carbocycles. The zero-order valence-electron chi connectivity index (χ0n) is 13.1. The van der Waals surface area contributed by atoms with Crippen molar-refractivity contribution in [2.24, 2.45) is 0 Å². The third-order valence-electron chi connectivity index (χ3n) is 3.89. The third kappa shape index (κ3) is 3.12. The minimum atomic E-state index is -3.66.